The number of nitrogens with zero attached hydrogens (tertiary/aromatic N) is 3. The van der Waals surface area contributed by atoms with Gasteiger partial charge in [-0.3, -0.25) is 19.3 Å². The number of aromatic hydroxyl groups is 1. The highest BCUT2D eigenvalue weighted by Gasteiger charge is 2.48. The van der Waals surface area contributed by atoms with Crippen molar-refractivity contribution in [3.63, 3.8) is 0 Å². The Morgan fingerprint density at radius 3 is 2.68 bits per heavy atom. The zero-order chi connectivity index (χ0) is 27.2. The van der Waals surface area contributed by atoms with Crippen molar-refractivity contribution in [3.8, 4) is 23.8 Å². The van der Waals surface area contributed by atoms with Gasteiger partial charge in [-0.25, -0.2) is 0 Å². The molecule has 2 aliphatic rings. The molecule has 0 saturated heterocycles. The molecular formula is C27H22F3N3O4S. The van der Waals surface area contributed by atoms with Gasteiger partial charge in [0.05, 0.1) is 0 Å². The fraction of sp³-hybridized carbons (Fsp3) is 0.259. The summed E-state index contributed by atoms with van der Waals surface area (Å²) >= 11 is 1.56. The number of carbonyl (C=O) groups is 1. The number of hydrogen-bond acceptors (Lipinski definition) is 6. The third-order valence-electron chi connectivity index (χ3n) is 6.67. The van der Waals surface area contributed by atoms with E-state index in [-0.39, 0.29) is 6.61 Å². The molecule has 0 unspecified atom stereocenters. The first kappa shape index (κ1) is 25.6. The second-order valence-electron chi connectivity index (χ2n) is 8.85. The zero-order valence-electron chi connectivity index (χ0n) is 20.1. The minimum absolute atomic E-state index is 0.0300. The lowest BCUT2D eigenvalue weighted by molar-refractivity contribution is -0.173. The Labute approximate surface area is 220 Å². The zero-order valence-corrected chi connectivity index (χ0v) is 20.9. The maximum atomic E-state index is 13.9. The van der Waals surface area contributed by atoms with Crippen molar-refractivity contribution in [3.05, 3.63) is 87.3 Å². The fourth-order valence-corrected chi connectivity index (χ4v) is 5.85. The molecule has 1 N–H and O–H groups in total. The molecule has 3 aromatic rings. The van der Waals surface area contributed by atoms with Crippen molar-refractivity contribution in [1.82, 2.24) is 9.58 Å². The van der Waals surface area contributed by atoms with Crippen molar-refractivity contribution >= 4 is 17.7 Å². The number of thioether (sulfide) groups is 1. The number of pyridine rings is 1. The summed E-state index contributed by atoms with van der Waals surface area (Å²) in [6.07, 6.45) is 1.98. The molecule has 2 aliphatic heterocycles. The minimum Gasteiger partial charge on any atom is -0.502 e. The number of halogens is 3. The van der Waals surface area contributed by atoms with Crippen LogP contribution in [0.5, 0.6) is 11.5 Å². The fourth-order valence-electron chi connectivity index (χ4n) is 4.77. The van der Waals surface area contributed by atoms with Gasteiger partial charge in [-0.05, 0) is 30.2 Å². The number of terminal acetylenes is 1. The van der Waals surface area contributed by atoms with Gasteiger partial charge < -0.3 is 14.7 Å². The Morgan fingerprint density at radius 2 is 1.95 bits per heavy atom. The molecule has 7 nitrogen and oxygen atoms in total. The van der Waals surface area contributed by atoms with Crippen LogP contribution in [0.3, 0.4) is 0 Å². The summed E-state index contributed by atoms with van der Waals surface area (Å²) in [7, 11) is 0. The average Bonchev–Trinajstić information content (AvgIpc) is 3.06. The predicted octanol–water partition coefficient (Wildman–Crippen LogP) is 4.26. The second kappa shape index (κ2) is 9.68. The van der Waals surface area contributed by atoms with Crippen LogP contribution in [0.15, 0.2) is 64.4 Å². The summed E-state index contributed by atoms with van der Waals surface area (Å²) in [6, 6.07) is 11.0. The lowest BCUT2D eigenvalue weighted by Crippen LogP contribution is -2.60. The van der Waals surface area contributed by atoms with Gasteiger partial charge in [0.1, 0.15) is 31.1 Å². The Morgan fingerprint density at radius 1 is 1.18 bits per heavy atom. The molecule has 2 aromatic carbocycles. The summed E-state index contributed by atoms with van der Waals surface area (Å²) in [5, 5.41) is 12.1. The van der Waals surface area contributed by atoms with Crippen molar-refractivity contribution < 1.29 is 27.8 Å². The van der Waals surface area contributed by atoms with E-state index < -0.39 is 47.7 Å². The van der Waals surface area contributed by atoms with Crippen LogP contribution in [0, 0.1) is 12.3 Å². The van der Waals surface area contributed by atoms with Gasteiger partial charge in [0.2, 0.25) is 5.43 Å². The maximum Gasteiger partial charge on any atom is 0.408 e. The molecule has 1 aromatic heterocycles. The van der Waals surface area contributed by atoms with Crippen molar-refractivity contribution in [2.24, 2.45) is 0 Å². The molecule has 5 rings (SSSR count). The Balaban J connectivity index is 1.80. The van der Waals surface area contributed by atoms with Gasteiger partial charge in [-0.1, -0.05) is 36.3 Å². The Kier molecular flexibility index (Phi) is 6.53. The third-order valence-corrected chi connectivity index (χ3v) is 7.81. The lowest BCUT2D eigenvalue weighted by atomic mass is 9.93. The van der Waals surface area contributed by atoms with Crippen LogP contribution >= 0.6 is 11.8 Å². The number of ether oxygens (including phenoxy) is 1. The third kappa shape index (κ3) is 4.24. The van der Waals surface area contributed by atoms with Gasteiger partial charge in [-0.2, -0.15) is 13.2 Å². The first-order valence-electron chi connectivity index (χ1n) is 11.6. The van der Waals surface area contributed by atoms with E-state index >= 15 is 0 Å². The molecule has 2 atom stereocenters. The van der Waals surface area contributed by atoms with Gasteiger partial charge in [0.15, 0.2) is 11.4 Å². The van der Waals surface area contributed by atoms with E-state index in [1.165, 1.54) is 15.9 Å². The number of hydrogen-bond donors (Lipinski definition) is 1. The number of aromatic nitrogens is 1. The molecule has 0 fully saturated rings. The van der Waals surface area contributed by atoms with E-state index in [2.05, 4.69) is 5.92 Å². The monoisotopic (exact) mass is 541 g/mol. The number of rotatable bonds is 4. The first-order valence-corrected chi connectivity index (χ1v) is 12.6. The molecule has 0 spiro atoms. The van der Waals surface area contributed by atoms with E-state index in [0.29, 0.717) is 22.0 Å². The van der Waals surface area contributed by atoms with Crippen LogP contribution < -0.4 is 15.2 Å². The van der Waals surface area contributed by atoms with Crippen LogP contribution in [0.25, 0.3) is 0 Å². The first-order chi connectivity index (χ1) is 18.1. The van der Waals surface area contributed by atoms with Crippen LogP contribution in [0.4, 0.5) is 13.2 Å². The quantitative estimate of drug-likeness (QED) is 0.498. The van der Waals surface area contributed by atoms with Crippen LogP contribution in [-0.4, -0.2) is 46.1 Å². The SMILES string of the molecule is C#CCOc1cccc2c1[C@H](N1CN([C@H](C)C(F)(F)F)C(=O)c3c(O)c(=O)ccn31)c1ccccc1SC2. The number of amides is 1. The van der Waals surface area contributed by atoms with E-state index in [1.807, 2.05) is 36.4 Å². The van der Waals surface area contributed by atoms with Crippen LogP contribution in [0.1, 0.15) is 40.1 Å². The Bertz CT molecular complexity index is 1510. The predicted molar refractivity (Wildman–Crippen MR) is 136 cm³/mol. The molecular weight excluding hydrogens is 519 g/mol. The highest BCUT2D eigenvalue weighted by molar-refractivity contribution is 7.98. The van der Waals surface area contributed by atoms with Gasteiger partial charge in [0.25, 0.3) is 5.91 Å². The summed E-state index contributed by atoms with van der Waals surface area (Å²) < 4.78 is 48.8. The molecule has 1 amide bonds. The van der Waals surface area contributed by atoms with E-state index in [9.17, 15) is 27.9 Å². The van der Waals surface area contributed by atoms with Gasteiger partial charge in [0, 0.05) is 28.5 Å². The summed E-state index contributed by atoms with van der Waals surface area (Å²) in [6.45, 7) is 0.356. The highest BCUT2D eigenvalue weighted by atomic mass is 32.2. The van der Waals surface area contributed by atoms with Crippen molar-refractivity contribution in [2.45, 2.75) is 35.8 Å². The van der Waals surface area contributed by atoms with Crippen LogP contribution in [0.2, 0.25) is 0 Å². The summed E-state index contributed by atoms with van der Waals surface area (Å²) in [5.41, 5.74) is 0.869. The largest absolute Gasteiger partial charge is 0.502 e. The highest BCUT2D eigenvalue weighted by Crippen LogP contribution is 2.46. The smallest absolute Gasteiger partial charge is 0.408 e. The molecule has 3 heterocycles. The van der Waals surface area contributed by atoms with Gasteiger partial charge in [-0.15, -0.1) is 18.2 Å². The topological polar surface area (TPSA) is 75.0 Å². The molecule has 0 saturated carbocycles. The second-order valence-corrected chi connectivity index (χ2v) is 9.86. The summed E-state index contributed by atoms with van der Waals surface area (Å²) in [5.74, 6) is 1.41. The molecule has 11 heteroatoms. The maximum absolute atomic E-state index is 13.9. The van der Waals surface area contributed by atoms with Crippen LogP contribution in [-0.2, 0) is 5.75 Å². The number of benzene rings is 2. The van der Waals surface area contributed by atoms with E-state index in [1.54, 1.807) is 17.8 Å². The van der Waals surface area contributed by atoms with Crippen molar-refractivity contribution in [2.75, 3.05) is 18.3 Å². The molecule has 0 bridgehead atoms. The van der Waals surface area contributed by atoms with Crippen molar-refractivity contribution in [1.29, 1.82) is 0 Å². The molecule has 38 heavy (non-hydrogen) atoms. The standard InChI is InChI=1S/C27H22F3N3O4S/c1-3-13-37-20-9-6-7-17-14-38-21-10-5-4-8-18(21)23(22(17)20)33-15-31(16(2)27(28,29)30)26(36)24-25(35)19(34)11-12-32(24)33/h1,4-12,16,23,35H,13-15H2,2H3/t16-,23-/m1/s1. The Hall–Kier alpha value is -4.04. The molecule has 196 valence electrons. The lowest BCUT2D eigenvalue weighted by Gasteiger charge is -2.46. The van der Waals surface area contributed by atoms with E-state index in [0.717, 1.165) is 29.0 Å². The number of fused-ring (bicyclic) bond motifs is 3. The normalized spacial score (nSPS) is 17.6. The number of carbonyl (C=O) groups excluding carboxylic acids is 1. The number of alkyl halides is 3. The minimum atomic E-state index is -4.75. The average molecular weight is 542 g/mol. The van der Waals surface area contributed by atoms with Gasteiger partial charge >= 0.3 is 6.18 Å². The van der Waals surface area contributed by atoms with E-state index in [4.69, 9.17) is 11.2 Å². The summed E-state index contributed by atoms with van der Waals surface area (Å²) in [4.78, 5) is 27.1. The molecule has 0 radical (unpaired) electrons. The molecule has 0 aliphatic carbocycles.